The van der Waals surface area contributed by atoms with Crippen LogP contribution in [0.4, 0.5) is 0 Å². The molecule has 130 valence electrons. The van der Waals surface area contributed by atoms with Crippen molar-refractivity contribution in [3.8, 4) is 0 Å². The molecular formula is C21H19N2O2P. The van der Waals surface area contributed by atoms with Crippen LogP contribution in [0.15, 0.2) is 96.1 Å². The van der Waals surface area contributed by atoms with E-state index in [0.717, 1.165) is 5.56 Å². The molecule has 0 saturated carbocycles. The molecule has 3 aromatic rings. The highest BCUT2D eigenvalue weighted by Crippen LogP contribution is 2.42. The quantitative estimate of drug-likeness (QED) is 0.416. The number of carbonyl (C=O) groups is 1. The highest BCUT2D eigenvalue weighted by atomic mass is 31.2. The topological polar surface area (TPSA) is 58.5 Å². The smallest absolute Gasteiger partial charge is 0.248 e. The molecule has 3 rings (SSSR count). The van der Waals surface area contributed by atoms with Gasteiger partial charge in [-0.05, 0) is 5.56 Å². The Morgan fingerprint density at radius 3 is 1.77 bits per heavy atom. The van der Waals surface area contributed by atoms with E-state index in [0.29, 0.717) is 10.6 Å². The lowest BCUT2D eigenvalue weighted by molar-refractivity contribution is -0.118. The van der Waals surface area contributed by atoms with Crippen LogP contribution >= 0.6 is 7.14 Å². The van der Waals surface area contributed by atoms with Crippen molar-refractivity contribution in [1.29, 1.82) is 0 Å². The number of amides is 1. The van der Waals surface area contributed by atoms with E-state index in [4.69, 9.17) is 0 Å². The molecule has 0 aliphatic rings. The summed E-state index contributed by atoms with van der Waals surface area (Å²) in [7, 11) is -3.08. The van der Waals surface area contributed by atoms with Gasteiger partial charge >= 0.3 is 0 Å². The van der Waals surface area contributed by atoms with Crippen LogP contribution in [-0.4, -0.2) is 18.3 Å². The first kappa shape index (κ1) is 17.8. The van der Waals surface area contributed by atoms with Gasteiger partial charge < -0.3 is 4.57 Å². The van der Waals surface area contributed by atoms with Crippen LogP contribution < -0.4 is 16.0 Å². The third-order valence-electron chi connectivity index (χ3n) is 3.92. The average Bonchev–Trinajstić information content (AvgIpc) is 2.70. The van der Waals surface area contributed by atoms with E-state index in [1.165, 1.54) is 0 Å². The summed E-state index contributed by atoms with van der Waals surface area (Å²) in [5.74, 6) is -0.381. The number of nitrogens with zero attached hydrogens (tertiary/aromatic N) is 1. The van der Waals surface area contributed by atoms with Gasteiger partial charge in [0, 0.05) is 10.6 Å². The standard InChI is InChI=1S/C21H19N2O2P/c24-21(23-22-16-18-10-4-1-5-11-18)17-26(25,19-12-6-2-7-13-19)20-14-8-3-9-15-20/h1-16H,17H2,(H,23,24)/b22-16+. The maximum atomic E-state index is 13.7. The molecule has 0 fully saturated rings. The Kier molecular flexibility index (Phi) is 5.77. The molecule has 1 N–H and O–H groups in total. The Bertz CT molecular complexity index is 882. The molecule has 0 unspecified atom stereocenters. The van der Waals surface area contributed by atoms with Crippen LogP contribution in [0.25, 0.3) is 0 Å². The second-order valence-corrected chi connectivity index (χ2v) is 8.60. The summed E-state index contributed by atoms with van der Waals surface area (Å²) in [6.07, 6.45) is 1.43. The van der Waals surface area contributed by atoms with Crippen molar-refractivity contribution in [1.82, 2.24) is 5.43 Å². The van der Waals surface area contributed by atoms with Crippen molar-refractivity contribution in [2.45, 2.75) is 0 Å². The molecule has 0 atom stereocenters. The third-order valence-corrected chi connectivity index (χ3v) is 6.91. The van der Waals surface area contributed by atoms with Crippen molar-refractivity contribution < 1.29 is 9.36 Å². The number of nitrogens with one attached hydrogen (secondary N) is 1. The Balaban J connectivity index is 1.79. The molecule has 0 heterocycles. The maximum absolute atomic E-state index is 13.7. The van der Waals surface area contributed by atoms with E-state index >= 15 is 0 Å². The summed E-state index contributed by atoms with van der Waals surface area (Å²) >= 11 is 0. The molecule has 1 amide bonds. The van der Waals surface area contributed by atoms with Gasteiger partial charge in [0.05, 0.1) is 12.4 Å². The summed E-state index contributed by atoms with van der Waals surface area (Å²) in [6.45, 7) is 0. The van der Waals surface area contributed by atoms with Crippen LogP contribution in [0.1, 0.15) is 5.56 Å². The van der Waals surface area contributed by atoms with E-state index in [1.54, 1.807) is 30.5 Å². The van der Waals surface area contributed by atoms with Gasteiger partial charge in [0.1, 0.15) is 0 Å². The summed E-state index contributed by atoms with van der Waals surface area (Å²) in [5.41, 5.74) is 3.36. The molecule has 0 spiro atoms. The first-order valence-electron chi connectivity index (χ1n) is 8.26. The van der Waals surface area contributed by atoms with Gasteiger partial charge in [0.25, 0.3) is 0 Å². The van der Waals surface area contributed by atoms with Crippen LogP contribution in [0.5, 0.6) is 0 Å². The van der Waals surface area contributed by atoms with Crippen molar-refractivity contribution in [3.63, 3.8) is 0 Å². The monoisotopic (exact) mass is 362 g/mol. The zero-order valence-electron chi connectivity index (χ0n) is 14.2. The molecule has 0 aromatic heterocycles. The summed E-state index contributed by atoms with van der Waals surface area (Å²) in [5, 5.41) is 5.29. The van der Waals surface area contributed by atoms with Gasteiger partial charge in [0.2, 0.25) is 5.91 Å². The van der Waals surface area contributed by atoms with E-state index in [9.17, 15) is 9.36 Å². The van der Waals surface area contributed by atoms with Crippen molar-refractivity contribution in [2.75, 3.05) is 6.16 Å². The van der Waals surface area contributed by atoms with E-state index < -0.39 is 7.14 Å². The predicted molar refractivity (Wildman–Crippen MR) is 107 cm³/mol. The average molecular weight is 362 g/mol. The first-order valence-corrected chi connectivity index (χ1v) is 10.1. The Morgan fingerprint density at radius 1 is 0.808 bits per heavy atom. The van der Waals surface area contributed by atoms with Gasteiger partial charge in [-0.25, -0.2) is 5.43 Å². The summed E-state index contributed by atoms with van der Waals surface area (Å²) in [6, 6.07) is 27.7. The Hall–Kier alpha value is -2.97. The second kappa shape index (κ2) is 8.41. The normalized spacial score (nSPS) is 11.4. The number of hydrogen-bond donors (Lipinski definition) is 1. The molecule has 3 aromatic carbocycles. The second-order valence-electron chi connectivity index (χ2n) is 5.77. The SMILES string of the molecule is O=C(CP(=O)(c1ccccc1)c1ccccc1)N/N=C/c1ccccc1. The molecular weight excluding hydrogens is 343 g/mol. The molecule has 4 nitrogen and oxygen atoms in total. The van der Waals surface area contributed by atoms with Crippen LogP contribution in [0.3, 0.4) is 0 Å². The third kappa shape index (κ3) is 4.35. The minimum absolute atomic E-state index is 0.132. The number of hydrazone groups is 1. The molecule has 0 aliphatic carbocycles. The Labute approximate surface area is 153 Å². The fourth-order valence-corrected chi connectivity index (χ4v) is 5.07. The van der Waals surface area contributed by atoms with Crippen LogP contribution in [-0.2, 0) is 9.36 Å². The fourth-order valence-electron chi connectivity index (χ4n) is 2.62. The van der Waals surface area contributed by atoms with E-state index in [-0.39, 0.29) is 12.1 Å². The first-order chi connectivity index (χ1) is 12.7. The van der Waals surface area contributed by atoms with Crippen LogP contribution in [0, 0.1) is 0 Å². The maximum Gasteiger partial charge on any atom is 0.248 e. The Morgan fingerprint density at radius 2 is 1.27 bits per heavy atom. The van der Waals surface area contributed by atoms with Gasteiger partial charge in [-0.2, -0.15) is 5.10 Å². The van der Waals surface area contributed by atoms with Gasteiger partial charge in [0.15, 0.2) is 7.14 Å². The minimum Gasteiger partial charge on any atom is -0.313 e. The highest BCUT2D eigenvalue weighted by Gasteiger charge is 2.30. The zero-order valence-corrected chi connectivity index (χ0v) is 15.1. The van der Waals surface area contributed by atoms with Crippen molar-refractivity contribution in [2.24, 2.45) is 5.10 Å². The minimum atomic E-state index is -3.08. The number of rotatable bonds is 6. The number of carbonyl (C=O) groups excluding carboxylic acids is 1. The lowest BCUT2D eigenvalue weighted by Gasteiger charge is -2.18. The number of benzene rings is 3. The molecule has 0 saturated heterocycles. The fraction of sp³-hybridized carbons (Fsp3) is 0.0476. The van der Waals surface area contributed by atoms with Crippen molar-refractivity contribution >= 4 is 29.9 Å². The molecule has 5 heteroatoms. The van der Waals surface area contributed by atoms with Gasteiger partial charge in [-0.3, -0.25) is 4.79 Å². The lowest BCUT2D eigenvalue weighted by atomic mass is 10.2. The highest BCUT2D eigenvalue weighted by molar-refractivity contribution is 7.79. The summed E-state index contributed by atoms with van der Waals surface area (Å²) in [4.78, 5) is 12.4. The van der Waals surface area contributed by atoms with E-state index in [1.807, 2.05) is 66.7 Å². The summed E-state index contributed by atoms with van der Waals surface area (Å²) < 4.78 is 13.7. The largest absolute Gasteiger partial charge is 0.313 e. The predicted octanol–water partition coefficient (Wildman–Crippen LogP) is 3.15. The van der Waals surface area contributed by atoms with Gasteiger partial charge in [-0.1, -0.05) is 91.0 Å². The van der Waals surface area contributed by atoms with Crippen molar-refractivity contribution in [3.05, 3.63) is 96.6 Å². The molecule has 0 bridgehead atoms. The lowest BCUT2D eigenvalue weighted by Crippen LogP contribution is -2.28. The van der Waals surface area contributed by atoms with E-state index in [2.05, 4.69) is 10.5 Å². The molecule has 26 heavy (non-hydrogen) atoms. The molecule has 0 aliphatic heterocycles. The van der Waals surface area contributed by atoms with Gasteiger partial charge in [-0.15, -0.1) is 0 Å². The zero-order chi connectivity index (χ0) is 18.2. The number of hydrogen-bond acceptors (Lipinski definition) is 3. The molecule has 0 radical (unpaired) electrons. The van der Waals surface area contributed by atoms with Crippen LogP contribution in [0.2, 0.25) is 0 Å².